The first kappa shape index (κ1) is 21.5. The standard InChI is InChI=1S/C21H29N3O4S/c1-14-20(15(2)24(22-14)19-8-9-29(26,27)13-19)12-23(4)11-18-10-17(16(3)25)6-7-21(18)28-5/h6-7,10,19H,8-9,11-13H2,1-5H3/t19-/m1/s1. The molecule has 0 aliphatic carbocycles. The Morgan fingerprint density at radius 1 is 1.31 bits per heavy atom. The van der Waals surface area contributed by atoms with Crippen LogP contribution in [0.3, 0.4) is 0 Å². The highest BCUT2D eigenvalue weighted by molar-refractivity contribution is 7.91. The van der Waals surface area contributed by atoms with Gasteiger partial charge in [0.1, 0.15) is 5.75 Å². The second kappa shape index (κ2) is 8.28. The third-order valence-electron chi connectivity index (χ3n) is 5.58. The summed E-state index contributed by atoms with van der Waals surface area (Å²) in [7, 11) is 0.676. The van der Waals surface area contributed by atoms with Crippen molar-refractivity contribution in [1.82, 2.24) is 14.7 Å². The predicted molar refractivity (Wildman–Crippen MR) is 112 cm³/mol. The van der Waals surface area contributed by atoms with Crippen LogP contribution in [0.1, 0.15) is 52.3 Å². The molecule has 2 heterocycles. The van der Waals surface area contributed by atoms with Crippen LogP contribution in [0, 0.1) is 13.8 Å². The maximum atomic E-state index is 11.8. The minimum absolute atomic E-state index is 0.0241. The molecule has 29 heavy (non-hydrogen) atoms. The number of ether oxygens (including phenoxy) is 1. The number of hydrogen-bond donors (Lipinski definition) is 0. The average Bonchev–Trinajstić information content (AvgIpc) is 3.15. The topological polar surface area (TPSA) is 81.5 Å². The summed E-state index contributed by atoms with van der Waals surface area (Å²) in [5, 5.41) is 4.65. The normalized spacial score (nSPS) is 18.3. The highest BCUT2D eigenvalue weighted by Crippen LogP contribution is 2.28. The number of benzene rings is 1. The molecule has 0 amide bonds. The summed E-state index contributed by atoms with van der Waals surface area (Å²) in [6.45, 7) is 6.81. The molecule has 0 spiro atoms. The van der Waals surface area contributed by atoms with E-state index in [0.29, 0.717) is 25.1 Å². The SMILES string of the molecule is COc1ccc(C(C)=O)cc1CN(C)Cc1c(C)nn([C@@H]2CCS(=O)(=O)C2)c1C. The Morgan fingerprint density at radius 3 is 2.62 bits per heavy atom. The van der Waals surface area contributed by atoms with E-state index in [-0.39, 0.29) is 23.3 Å². The van der Waals surface area contributed by atoms with Gasteiger partial charge in [-0.05, 0) is 52.4 Å². The van der Waals surface area contributed by atoms with Crippen LogP contribution in [0.5, 0.6) is 5.75 Å². The van der Waals surface area contributed by atoms with Crippen molar-refractivity contribution in [1.29, 1.82) is 0 Å². The van der Waals surface area contributed by atoms with Gasteiger partial charge < -0.3 is 4.74 Å². The number of ketones is 1. The highest BCUT2D eigenvalue weighted by atomic mass is 32.2. The van der Waals surface area contributed by atoms with Crippen molar-refractivity contribution in [3.63, 3.8) is 0 Å². The van der Waals surface area contributed by atoms with E-state index in [1.54, 1.807) is 20.1 Å². The summed E-state index contributed by atoms with van der Waals surface area (Å²) >= 11 is 0. The minimum Gasteiger partial charge on any atom is -0.496 e. The lowest BCUT2D eigenvalue weighted by Crippen LogP contribution is -2.19. The maximum Gasteiger partial charge on any atom is 0.159 e. The smallest absolute Gasteiger partial charge is 0.159 e. The molecule has 0 saturated carbocycles. The van der Waals surface area contributed by atoms with Crippen LogP contribution in [-0.2, 0) is 22.9 Å². The van der Waals surface area contributed by atoms with E-state index < -0.39 is 9.84 Å². The molecule has 1 fully saturated rings. The Balaban J connectivity index is 1.79. The zero-order valence-electron chi connectivity index (χ0n) is 17.7. The number of carbonyl (C=O) groups is 1. The van der Waals surface area contributed by atoms with Crippen molar-refractivity contribution in [3.8, 4) is 5.75 Å². The van der Waals surface area contributed by atoms with Crippen LogP contribution >= 0.6 is 0 Å². The lowest BCUT2D eigenvalue weighted by molar-refractivity contribution is 0.101. The molecular weight excluding hydrogens is 390 g/mol. The third-order valence-corrected chi connectivity index (χ3v) is 7.33. The summed E-state index contributed by atoms with van der Waals surface area (Å²) in [4.78, 5) is 13.9. The molecular formula is C21H29N3O4S. The van der Waals surface area contributed by atoms with Crippen LogP contribution < -0.4 is 4.74 Å². The molecule has 0 unspecified atom stereocenters. The quantitative estimate of drug-likeness (QED) is 0.642. The number of rotatable bonds is 7. The van der Waals surface area contributed by atoms with E-state index in [4.69, 9.17) is 4.74 Å². The van der Waals surface area contributed by atoms with Gasteiger partial charge in [-0.25, -0.2) is 8.42 Å². The second-order valence-electron chi connectivity index (χ2n) is 7.91. The van der Waals surface area contributed by atoms with Crippen LogP contribution in [0.2, 0.25) is 0 Å². The summed E-state index contributed by atoms with van der Waals surface area (Å²) in [6.07, 6.45) is 0.620. The van der Waals surface area contributed by atoms with Crippen LogP contribution in [0.4, 0.5) is 0 Å². The lowest BCUT2D eigenvalue weighted by Gasteiger charge is -2.19. The molecule has 8 heteroatoms. The number of methoxy groups -OCH3 is 1. The average molecular weight is 420 g/mol. The summed E-state index contributed by atoms with van der Waals surface area (Å²) < 4.78 is 31.0. The first-order valence-electron chi connectivity index (χ1n) is 9.72. The van der Waals surface area contributed by atoms with Crippen LogP contribution in [0.15, 0.2) is 18.2 Å². The predicted octanol–water partition coefficient (Wildman–Crippen LogP) is 2.70. The second-order valence-corrected chi connectivity index (χ2v) is 10.1. The molecule has 1 saturated heterocycles. The fourth-order valence-corrected chi connectivity index (χ4v) is 5.68. The molecule has 1 atom stereocenters. The van der Waals surface area contributed by atoms with E-state index in [0.717, 1.165) is 28.3 Å². The Hall–Kier alpha value is -2.19. The van der Waals surface area contributed by atoms with Gasteiger partial charge in [-0.15, -0.1) is 0 Å². The molecule has 3 rings (SSSR count). The van der Waals surface area contributed by atoms with Crippen LogP contribution in [-0.4, -0.2) is 54.5 Å². The summed E-state index contributed by atoms with van der Waals surface area (Å²) in [5.41, 5.74) is 4.66. The monoisotopic (exact) mass is 419 g/mol. The Labute approximate surface area is 172 Å². The fraction of sp³-hybridized carbons (Fsp3) is 0.524. The fourth-order valence-electron chi connectivity index (χ4n) is 3.99. The largest absolute Gasteiger partial charge is 0.496 e. The number of Topliss-reactive ketones (excluding diaryl/α,β-unsaturated/α-hetero) is 1. The Bertz CT molecular complexity index is 1030. The number of carbonyl (C=O) groups excluding carboxylic acids is 1. The van der Waals surface area contributed by atoms with Crippen molar-refractivity contribution < 1.29 is 17.9 Å². The number of nitrogens with zero attached hydrogens (tertiary/aromatic N) is 3. The van der Waals surface area contributed by atoms with E-state index in [9.17, 15) is 13.2 Å². The zero-order valence-corrected chi connectivity index (χ0v) is 18.5. The lowest BCUT2D eigenvalue weighted by atomic mass is 10.1. The van der Waals surface area contributed by atoms with Gasteiger partial charge in [0.05, 0.1) is 30.4 Å². The number of aryl methyl sites for hydroxylation is 1. The van der Waals surface area contributed by atoms with Gasteiger partial charge in [0.25, 0.3) is 0 Å². The number of aromatic nitrogens is 2. The molecule has 158 valence electrons. The van der Waals surface area contributed by atoms with Gasteiger partial charge in [-0.1, -0.05) is 0 Å². The minimum atomic E-state index is -2.96. The molecule has 1 aromatic heterocycles. The van der Waals surface area contributed by atoms with Gasteiger partial charge in [-0.2, -0.15) is 5.10 Å². The number of hydrogen-bond acceptors (Lipinski definition) is 6. The van der Waals surface area contributed by atoms with E-state index >= 15 is 0 Å². The van der Waals surface area contributed by atoms with Gasteiger partial charge in [0.2, 0.25) is 0 Å². The van der Waals surface area contributed by atoms with Crippen molar-refractivity contribution in [2.45, 2.75) is 46.3 Å². The molecule has 1 aliphatic rings. The molecule has 1 aromatic carbocycles. The first-order chi connectivity index (χ1) is 13.6. The summed E-state index contributed by atoms with van der Waals surface area (Å²) in [5.74, 6) is 1.18. The molecule has 7 nitrogen and oxygen atoms in total. The molecule has 1 aliphatic heterocycles. The van der Waals surface area contributed by atoms with Gasteiger partial charge in [-0.3, -0.25) is 14.4 Å². The van der Waals surface area contributed by atoms with Gasteiger partial charge in [0.15, 0.2) is 15.6 Å². The maximum absolute atomic E-state index is 11.8. The number of sulfone groups is 1. The molecule has 2 aromatic rings. The van der Waals surface area contributed by atoms with Crippen molar-refractivity contribution >= 4 is 15.6 Å². The van der Waals surface area contributed by atoms with E-state index in [1.807, 2.05) is 37.7 Å². The van der Waals surface area contributed by atoms with Gasteiger partial charge >= 0.3 is 0 Å². The van der Waals surface area contributed by atoms with Gasteiger partial charge in [0, 0.05) is 35.5 Å². The Morgan fingerprint density at radius 2 is 2.03 bits per heavy atom. The molecule has 0 radical (unpaired) electrons. The third kappa shape index (κ3) is 4.70. The van der Waals surface area contributed by atoms with E-state index in [1.165, 1.54) is 0 Å². The zero-order chi connectivity index (χ0) is 21.3. The highest BCUT2D eigenvalue weighted by Gasteiger charge is 2.31. The molecule has 0 bridgehead atoms. The van der Waals surface area contributed by atoms with Crippen molar-refractivity contribution in [3.05, 3.63) is 46.3 Å². The summed E-state index contributed by atoms with van der Waals surface area (Å²) in [6, 6.07) is 5.41. The van der Waals surface area contributed by atoms with E-state index in [2.05, 4.69) is 10.00 Å². The first-order valence-corrected chi connectivity index (χ1v) is 11.5. The van der Waals surface area contributed by atoms with Crippen molar-refractivity contribution in [2.24, 2.45) is 0 Å². The Kier molecular flexibility index (Phi) is 6.14. The van der Waals surface area contributed by atoms with Crippen LogP contribution in [0.25, 0.3) is 0 Å². The molecule has 0 N–H and O–H groups in total. The van der Waals surface area contributed by atoms with Crippen molar-refractivity contribution in [2.75, 3.05) is 25.7 Å².